The number of hydrogen-bond acceptors (Lipinski definition) is 2. The number of carbonyl (C=O) groups excluding carboxylic acids is 1. The van der Waals surface area contributed by atoms with Crippen LogP contribution in [0.2, 0.25) is 0 Å². The monoisotopic (exact) mass is 276 g/mol. The SMILES string of the molecule is COc1cc(Br)c(C)c(C(=O)CCl)c1. The standard InChI is InChI=1S/C10H10BrClO2/c1-6-8(10(13)5-12)3-7(14-2)4-9(6)11/h3-4H,5H2,1-2H3. The Bertz CT molecular complexity index is 363. The number of hydrogen-bond donors (Lipinski definition) is 0. The highest BCUT2D eigenvalue weighted by atomic mass is 79.9. The summed E-state index contributed by atoms with van der Waals surface area (Å²) in [6, 6.07) is 3.52. The van der Waals surface area contributed by atoms with E-state index in [1.54, 1.807) is 13.2 Å². The van der Waals surface area contributed by atoms with Crippen molar-refractivity contribution in [2.45, 2.75) is 6.92 Å². The maximum absolute atomic E-state index is 11.4. The molecule has 0 saturated heterocycles. The third-order valence-corrected chi connectivity index (χ3v) is 3.04. The van der Waals surface area contributed by atoms with Crippen molar-refractivity contribution in [2.24, 2.45) is 0 Å². The van der Waals surface area contributed by atoms with Crippen molar-refractivity contribution >= 4 is 33.3 Å². The summed E-state index contributed by atoms with van der Waals surface area (Å²) in [5.41, 5.74) is 1.49. The molecule has 76 valence electrons. The zero-order valence-electron chi connectivity index (χ0n) is 7.93. The first kappa shape index (κ1) is 11.5. The van der Waals surface area contributed by atoms with E-state index in [1.807, 2.05) is 13.0 Å². The Hall–Kier alpha value is -0.540. The quantitative estimate of drug-likeness (QED) is 0.626. The summed E-state index contributed by atoms with van der Waals surface area (Å²) in [5, 5.41) is 0. The molecule has 1 aromatic rings. The zero-order chi connectivity index (χ0) is 10.7. The topological polar surface area (TPSA) is 26.3 Å². The second-order valence-corrected chi connectivity index (χ2v) is 3.96. The van der Waals surface area contributed by atoms with Crippen molar-refractivity contribution < 1.29 is 9.53 Å². The summed E-state index contributed by atoms with van der Waals surface area (Å²) in [5.74, 6) is 0.542. The van der Waals surface area contributed by atoms with Gasteiger partial charge in [0.25, 0.3) is 0 Å². The van der Waals surface area contributed by atoms with E-state index in [-0.39, 0.29) is 11.7 Å². The van der Waals surface area contributed by atoms with E-state index in [9.17, 15) is 4.79 Å². The molecule has 0 fully saturated rings. The lowest BCUT2D eigenvalue weighted by Crippen LogP contribution is -2.04. The molecule has 2 nitrogen and oxygen atoms in total. The van der Waals surface area contributed by atoms with Crippen molar-refractivity contribution in [2.75, 3.05) is 13.0 Å². The van der Waals surface area contributed by atoms with E-state index in [4.69, 9.17) is 16.3 Å². The number of benzene rings is 1. The summed E-state index contributed by atoms with van der Waals surface area (Å²) in [7, 11) is 1.56. The lowest BCUT2D eigenvalue weighted by molar-refractivity contribution is 0.102. The fraction of sp³-hybridized carbons (Fsp3) is 0.300. The molecule has 0 amide bonds. The molecule has 1 aromatic carbocycles. The van der Waals surface area contributed by atoms with Gasteiger partial charge in [0.05, 0.1) is 13.0 Å². The molecule has 0 spiro atoms. The molecular formula is C10H10BrClO2. The van der Waals surface area contributed by atoms with Gasteiger partial charge in [0.15, 0.2) is 5.78 Å². The number of Topliss-reactive ketones (excluding diaryl/α,β-unsaturated/α-hetero) is 1. The summed E-state index contributed by atoms with van der Waals surface area (Å²) >= 11 is 8.86. The molecule has 0 aromatic heterocycles. The third kappa shape index (κ3) is 2.28. The molecule has 4 heteroatoms. The van der Waals surface area contributed by atoms with Crippen LogP contribution in [0.4, 0.5) is 0 Å². The normalized spacial score (nSPS) is 10.0. The molecule has 0 unspecified atom stereocenters. The van der Waals surface area contributed by atoms with E-state index >= 15 is 0 Å². The Labute approximate surface area is 96.3 Å². The molecule has 0 bridgehead atoms. The van der Waals surface area contributed by atoms with Gasteiger partial charge in [-0.05, 0) is 24.6 Å². The van der Waals surface area contributed by atoms with Crippen LogP contribution in [0.3, 0.4) is 0 Å². The number of ketones is 1. The van der Waals surface area contributed by atoms with Crippen LogP contribution >= 0.6 is 27.5 Å². The van der Waals surface area contributed by atoms with Crippen LogP contribution in [0.1, 0.15) is 15.9 Å². The minimum absolute atomic E-state index is 0.0134. The molecule has 0 atom stereocenters. The number of carbonyl (C=O) groups is 1. The van der Waals surface area contributed by atoms with E-state index in [2.05, 4.69) is 15.9 Å². The molecular weight excluding hydrogens is 267 g/mol. The molecule has 1 rings (SSSR count). The molecule has 0 radical (unpaired) electrons. The fourth-order valence-corrected chi connectivity index (χ4v) is 1.72. The predicted molar refractivity (Wildman–Crippen MR) is 60.5 cm³/mol. The van der Waals surface area contributed by atoms with Gasteiger partial charge in [0, 0.05) is 10.0 Å². The Morgan fingerprint density at radius 3 is 2.71 bits per heavy atom. The van der Waals surface area contributed by atoms with E-state index in [0.717, 1.165) is 10.0 Å². The van der Waals surface area contributed by atoms with Crippen LogP contribution in [0.5, 0.6) is 5.75 Å². The van der Waals surface area contributed by atoms with Gasteiger partial charge in [-0.15, -0.1) is 11.6 Å². The van der Waals surface area contributed by atoms with Gasteiger partial charge in [0.1, 0.15) is 5.75 Å². The average Bonchev–Trinajstić information content (AvgIpc) is 2.20. The number of rotatable bonds is 3. The van der Waals surface area contributed by atoms with Crippen molar-refractivity contribution in [1.82, 2.24) is 0 Å². The Morgan fingerprint density at radius 1 is 1.57 bits per heavy atom. The summed E-state index contributed by atoms with van der Waals surface area (Å²) < 4.78 is 5.91. The first-order valence-corrected chi connectivity index (χ1v) is 5.36. The number of alkyl halides is 1. The van der Waals surface area contributed by atoms with Crippen molar-refractivity contribution in [3.8, 4) is 5.75 Å². The fourth-order valence-electron chi connectivity index (χ4n) is 1.13. The van der Waals surface area contributed by atoms with Gasteiger partial charge in [-0.3, -0.25) is 4.79 Å². The van der Waals surface area contributed by atoms with Gasteiger partial charge < -0.3 is 4.74 Å². The lowest BCUT2D eigenvalue weighted by Gasteiger charge is -2.08. The lowest BCUT2D eigenvalue weighted by atomic mass is 10.1. The first-order valence-electron chi connectivity index (χ1n) is 4.03. The van der Waals surface area contributed by atoms with Gasteiger partial charge in [0.2, 0.25) is 0 Å². The highest BCUT2D eigenvalue weighted by molar-refractivity contribution is 9.10. The zero-order valence-corrected chi connectivity index (χ0v) is 10.3. The first-order chi connectivity index (χ1) is 6.60. The van der Waals surface area contributed by atoms with Crippen LogP contribution in [-0.4, -0.2) is 18.8 Å². The van der Waals surface area contributed by atoms with Crippen LogP contribution in [0.25, 0.3) is 0 Å². The predicted octanol–water partition coefficient (Wildman–Crippen LogP) is 3.19. The van der Waals surface area contributed by atoms with Crippen LogP contribution < -0.4 is 4.74 Å². The average molecular weight is 278 g/mol. The molecule has 0 aliphatic rings. The van der Waals surface area contributed by atoms with Crippen molar-refractivity contribution in [3.05, 3.63) is 27.7 Å². The van der Waals surface area contributed by atoms with E-state index in [1.165, 1.54) is 0 Å². The van der Waals surface area contributed by atoms with E-state index < -0.39 is 0 Å². The van der Waals surface area contributed by atoms with Gasteiger partial charge >= 0.3 is 0 Å². The van der Waals surface area contributed by atoms with Gasteiger partial charge in [-0.1, -0.05) is 15.9 Å². The second-order valence-electron chi connectivity index (χ2n) is 2.84. The molecule has 0 N–H and O–H groups in total. The van der Waals surface area contributed by atoms with E-state index in [0.29, 0.717) is 11.3 Å². The van der Waals surface area contributed by atoms with Crippen molar-refractivity contribution in [3.63, 3.8) is 0 Å². The Morgan fingerprint density at radius 2 is 2.21 bits per heavy atom. The highest BCUT2D eigenvalue weighted by Crippen LogP contribution is 2.26. The Kier molecular flexibility index (Phi) is 3.96. The Balaban J connectivity index is 3.27. The summed E-state index contributed by atoms with van der Waals surface area (Å²) in [6.07, 6.45) is 0. The smallest absolute Gasteiger partial charge is 0.178 e. The van der Waals surface area contributed by atoms with Gasteiger partial charge in [-0.25, -0.2) is 0 Å². The largest absolute Gasteiger partial charge is 0.497 e. The number of ether oxygens (including phenoxy) is 1. The molecule has 0 aliphatic carbocycles. The van der Waals surface area contributed by atoms with Gasteiger partial charge in [-0.2, -0.15) is 0 Å². The number of methoxy groups -OCH3 is 1. The molecule has 0 heterocycles. The maximum atomic E-state index is 11.4. The molecule has 14 heavy (non-hydrogen) atoms. The molecule has 0 aliphatic heterocycles. The summed E-state index contributed by atoms with van der Waals surface area (Å²) in [6.45, 7) is 1.86. The minimum atomic E-state index is -0.0937. The van der Waals surface area contributed by atoms with Crippen LogP contribution in [0, 0.1) is 6.92 Å². The maximum Gasteiger partial charge on any atom is 0.178 e. The summed E-state index contributed by atoms with van der Waals surface area (Å²) in [4.78, 5) is 11.4. The second kappa shape index (κ2) is 4.80. The van der Waals surface area contributed by atoms with Crippen molar-refractivity contribution in [1.29, 1.82) is 0 Å². The van der Waals surface area contributed by atoms with Crippen LogP contribution in [0.15, 0.2) is 16.6 Å². The molecule has 0 saturated carbocycles. The number of halogens is 2. The van der Waals surface area contributed by atoms with Crippen LogP contribution in [-0.2, 0) is 0 Å². The minimum Gasteiger partial charge on any atom is -0.497 e. The highest BCUT2D eigenvalue weighted by Gasteiger charge is 2.12. The third-order valence-electron chi connectivity index (χ3n) is 1.98.